The first-order valence-corrected chi connectivity index (χ1v) is 8.33. The van der Waals surface area contributed by atoms with Crippen LogP contribution in [-0.2, 0) is 6.18 Å². The molecule has 0 saturated heterocycles. The third-order valence-corrected chi connectivity index (χ3v) is 4.03. The van der Waals surface area contributed by atoms with E-state index < -0.39 is 11.7 Å². The van der Waals surface area contributed by atoms with E-state index in [0.717, 1.165) is 24.3 Å². The topological polar surface area (TPSA) is 50.7 Å². The summed E-state index contributed by atoms with van der Waals surface area (Å²) in [4.78, 5) is 4.38. The summed E-state index contributed by atoms with van der Waals surface area (Å²) in [6.07, 6.45) is -0.148. The molecule has 1 N–H and O–H groups in total. The molecule has 1 aromatic carbocycles. The van der Waals surface area contributed by atoms with Crippen molar-refractivity contribution < 1.29 is 13.2 Å². The van der Waals surface area contributed by atoms with E-state index in [-0.39, 0.29) is 0 Å². The summed E-state index contributed by atoms with van der Waals surface area (Å²) in [5, 5.41) is 11.5. The number of aryl methyl sites for hydroxylation is 1. The molecule has 0 aliphatic rings. The lowest BCUT2D eigenvalue weighted by atomic mass is 10.2. The summed E-state index contributed by atoms with van der Waals surface area (Å²) in [6.45, 7) is 3.84. The first-order valence-electron chi connectivity index (χ1n) is 7.34. The van der Waals surface area contributed by atoms with Crippen LogP contribution in [0.1, 0.15) is 30.3 Å². The van der Waals surface area contributed by atoms with E-state index in [2.05, 4.69) is 27.4 Å². The fraction of sp³-hybridized carbons (Fsp3) is 0.312. The van der Waals surface area contributed by atoms with Gasteiger partial charge in [0, 0.05) is 17.6 Å². The van der Waals surface area contributed by atoms with Crippen LogP contribution < -0.4 is 5.32 Å². The highest BCUT2D eigenvalue weighted by Gasteiger charge is 2.30. The number of nitrogens with zero attached hydrogens (tertiary/aromatic N) is 3. The number of rotatable bonds is 6. The van der Waals surface area contributed by atoms with E-state index in [1.165, 1.54) is 17.8 Å². The van der Waals surface area contributed by atoms with Gasteiger partial charge in [-0.2, -0.15) is 18.3 Å². The maximum Gasteiger partial charge on any atom is 0.416 e. The van der Waals surface area contributed by atoms with Crippen LogP contribution in [0.15, 0.2) is 35.6 Å². The van der Waals surface area contributed by atoms with Gasteiger partial charge in [-0.1, -0.05) is 24.8 Å². The van der Waals surface area contributed by atoms with Crippen LogP contribution in [-0.4, -0.2) is 20.9 Å². The Morgan fingerprint density at radius 1 is 1.25 bits per heavy atom. The van der Waals surface area contributed by atoms with E-state index in [4.69, 9.17) is 0 Å². The predicted molar refractivity (Wildman–Crippen MR) is 89.7 cm³/mol. The van der Waals surface area contributed by atoms with Gasteiger partial charge in [-0.15, -0.1) is 5.10 Å². The van der Waals surface area contributed by atoms with Crippen molar-refractivity contribution in [3.05, 3.63) is 47.4 Å². The molecule has 4 nitrogen and oxygen atoms in total. The molecule has 0 saturated carbocycles. The standard InChI is InChI=1S/C16H17F3N4S/c1-3-9-24-15-21-14(11(2)22-23-15)7-8-20-13-6-4-5-12(10-13)16(17,18)19/h4-8,10,20H,3,9H2,1-2H3. The van der Waals surface area contributed by atoms with Crippen LogP contribution >= 0.6 is 11.8 Å². The Morgan fingerprint density at radius 2 is 2.04 bits per heavy atom. The van der Waals surface area contributed by atoms with Gasteiger partial charge in [-0.05, 0) is 37.6 Å². The maximum atomic E-state index is 12.7. The molecule has 24 heavy (non-hydrogen) atoms. The molecule has 0 aliphatic carbocycles. The summed E-state index contributed by atoms with van der Waals surface area (Å²) in [6, 6.07) is 5.01. The van der Waals surface area contributed by atoms with Crippen molar-refractivity contribution in [2.75, 3.05) is 11.1 Å². The van der Waals surface area contributed by atoms with Crippen LogP contribution in [0.3, 0.4) is 0 Å². The number of aromatic nitrogens is 3. The SMILES string of the molecule is CCCSc1nnc(C)c(C=CNc2cccc(C(F)(F)F)c2)n1. The summed E-state index contributed by atoms with van der Waals surface area (Å²) in [5.41, 5.74) is 0.932. The molecule has 0 fully saturated rings. The second-order valence-electron chi connectivity index (χ2n) is 4.97. The second-order valence-corrected chi connectivity index (χ2v) is 6.03. The Morgan fingerprint density at radius 3 is 2.75 bits per heavy atom. The Labute approximate surface area is 142 Å². The van der Waals surface area contributed by atoms with Crippen LogP contribution in [0, 0.1) is 6.92 Å². The van der Waals surface area contributed by atoms with Gasteiger partial charge in [0.15, 0.2) is 0 Å². The Hall–Kier alpha value is -2.09. The van der Waals surface area contributed by atoms with Crippen molar-refractivity contribution in [3.8, 4) is 0 Å². The zero-order valence-electron chi connectivity index (χ0n) is 13.3. The van der Waals surface area contributed by atoms with Gasteiger partial charge < -0.3 is 5.32 Å². The number of thioether (sulfide) groups is 1. The Balaban J connectivity index is 2.09. The van der Waals surface area contributed by atoms with Crippen LogP contribution in [0.25, 0.3) is 6.08 Å². The van der Waals surface area contributed by atoms with E-state index >= 15 is 0 Å². The van der Waals surface area contributed by atoms with E-state index in [1.54, 1.807) is 25.3 Å². The van der Waals surface area contributed by atoms with Crippen LogP contribution in [0.4, 0.5) is 18.9 Å². The third-order valence-electron chi connectivity index (χ3n) is 2.99. The lowest BCUT2D eigenvalue weighted by Crippen LogP contribution is -2.05. The average Bonchev–Trinajstić information content (AvgIpc) is 2.55. The molecule has 0 bridgehead atoms. The normalized spacial score (nSPS) is 11.9. The number of nitrogens with one attached hydrogen (secondary N) is 1. The van der Waals surface area contributed by atoms with Gasteiger partial charge in [0.2, 0.25) is 5.16 Å². The molecule has 0 spiro atoms. The first-order chi connectivity index (χ1) is 11.4. The van der Waals surface area contributed by atoms with Crippen LogP contribution in [0.5, 0.6) is 0 Å². The zero-order valence-corrected chi connectivity index (χ0v) is 14.1. The molecule has 0 unspecified atom stereocenters. The summed E-state index contributed by atoms with van der Waals surface area (Å²) < 4.78 is 38.0. The van der Waals surface area contributed by atoms with E-state index in [0.29, 0.717) is 22.2 Å². The largest absolute Gasteiger partial charge is 0.416 e. The van der Waals surface area contributed by atoms with Crippen molar-refractivity contribution >= 4 is 23.5 Å². The molecule has 0 aliphatic heterocycles. The predicted octanol–water partition coefficient (Wildman–Crippen LogP) is 4.78. The number of hydrogen-bond donors (Lipinski definition) is 1. The van der Waals surface area contributed by atoms with Gasteiger partial charge >= 0.3 is 6.18 Å². The molecule has 0 radical (unpaired) electrons. The van der Waals surface area contributed by atoms with E-state index in [9.17, 15) is 13.2 Å². The minimum Gasteiger partial charge on any atom is -0.362 e. The van der Waals surface area contributed by atoms with Crippen LogP contribution in [0.2, 0.25) is 0 Å². The second kappa shape index (κ2) is 8.14. The molecule has 1 heterocycles. The molecule has 128 valence electrons. The Bertz CT molecular complexity index is 717. The maximum absolute atomic E-state index is 12.7. The number of halogens is 3. The van der Waals surface area contributed by atoms with Crippen molar-refractivity contribution in [2.24, 2.45) is 0 Å². The number of hydrogen-bond acceptors (Lipinski definition) is 5. The molecule has 0 amide bonds. The highest BCUT2D eigenvalue weighted by Crippen LogP contribution is 2.30. The lowest BCUT2D eigenvalue weighted by molar-refractivity contribution is -0.137. The molecule has 8 heteroatoms. The minimum atomic E-state index is -4.36. The third kappa shape index (κ3) is 5.23. The van der Waals surface area contributed by atoms with Gasteiger partial charge in [0.1, 0.15) is 0 Å². The van der Waals surface area contributed by atoms with Crippen molar-refractivity contribution in [1.29, 1.82) is 0 Å². The number of benzene rings is 1. The zero-order chi connectivity index (χ0) is 17.6. The summed E-state index contributed by atoms with van der Waals surface area (Å²) in [7, 11) is 0. The smallest absolute Gasteiger partial charge is 0.362 e. The highest BCUT2D eigenvalue weighted by molar-refractivity contribution is 7.99. The van der Waals surface area contributed by atoms with Crippen molar-refractivity contribution in [1.82, 2.24) is 15.2 Å². The number of anilines is 1. The molecule has 1 aromatic heterocycles. The summed E-state index contributed by atoms with van der Waals surface area (Å²) >= 11 is 1.51. The summed E-state index contributed by atoms with van der Waals surface area (Å²) in [5.74, 6) is 0.899. The van der Waals surface area contributed by atoms with E-state index in [1.807, 2.05) is 0 Å². The fourth-order valence-electron chi connectivity index (χ4n) is 1.79. The fourth-order valence-corrected chi connectivity index (χ4v) is 2.44. The van der Waals surface area contributed by atoms with Gasteiger partial charge in [-0.3, -0.25) is 0 Å². The number of alkyl halides is 3. The molecule has 2 aromatic rings. The first kappa shape index (κ1) is 18.3. The average molecular weight is 354 g/mol. The molecule has 2 rings (SSSR count). The van der Waals surface area contributed by atoms with Gasteiger partial charge in [0.25, 0.3) is 0 Å². The molecular formula is C16H17F3N4S. The monoisotopic (exact) mass is 354 g/mol. The van der Waals surface area contributed by atoms with Gasteiger partial charge in [0.05, 0.1) is 17.0 Å². The molecule has 0 atom stereocenters. The van der Waals surface area contributed by atoms with Gasteiger partial charge in [-0.25, -0.2) is 4.98 Å². The quantitative estimate of drug-likeness (QED) is 0.756. The van der Waals surface area contributed by atoms with Crippen molar-refractivity contribution in [3.63, 3.8) is 0 Å². The lowest BCUT2D eigenvalue weighted by Gasteiger charge is -2.08. The highest BCUT2D eigenvalue weighted by atomic mass is 32.2. The van der Waals surface area contributed by atoms with Crippen molar-refractivity contribution in [2.45, 2.75) is 31.6 Å². The molecular weight excluding hydrogens is 337 g/mol. The Kier molecular flexibility index (Phi) is 6.19. The minimum absolute atomic E-state index is 0.348.